The number of nitrogens with zero attached hydrogens (tertiary/aromatic N) is 4. The van der Waals surface area contributed by atoms with Crippen LogP contribution >= 0.6 is 0 Å². The van der Waals surface area contributed by atoms with Crippen LogP contribution in [0.1, 0.15) is 24.5 Å². The summed E-state index contributed by atoms with van der Waals surface area (Å²) in [5.74, 6) is 0.130. The van der Waals surface area contributed by atoms with Gasteiger partial charge in [0.2, 0.25) is 15.9 Å². The average molecular weight is 429 g/mol. The molecule has 2 fully saturated rings. The number of carbonyl (C=O) groups excluding carboxylic acids is 1. The molecule has 1 aromatic heterocycles. The van der Waals surface area contributed by atoms with Crippen molar-refractivity contribution < 1.29 is 13.2 Å². The van der Waals surface area contributed by atoms with Crippen LogP contribution in [0, 0.1) is 0 Å². The zero-order chi connectivity index (χ0) is 21.1. The number of benzene rings is 1. The molecule has 0 saturated carbocycles. The summed E-state index contributed by atoms with van der Waals surface area (Å²) in [7, 11) is -3.49. The third kappa shape index (κ3) is 4.26. The molecular formula is C22H28N4O3S. The molecule has 2 aliphatic rings. The van der Waals surface area contributed by atoms with Gasteiger partial charge in [0.25, 0.3) is 0 Å². The molecule has 7 nitrogen and oxygen atoms in total. The second-order valence-electron chi connectivity index (χ2n) is 7.86. The lowest BCUT2D eigenvalue weighted by Gasteiger charge is -2.36. The number of carbonyl (C=O) groups is 1. The van der Waals surface area contributed by atoms with Crippen LogP contribution in [0.2, 0.25) is 0 Å². The average Bonchev–Trinajstić information content (AvgIpc) is 3.14. The van der Waals surface area contributed by atoms with E-state index in [9.17, 15) is 13.2 Å². The van der Waals surface area contributed by atoms with Gasteiger partial charge in [0, 0.05) is 51.7 Å². The van der Waals surface area contributed by atoms with Crippen molar-refractivity contribution >= 4 is 15.9 Å². The Hall–Kier alpha value is -2.29. The Morgan fingerprint density at radius 3 is 2.37 bits per heavy atom. The van der Waals surface area contributed by atoms with Gasteiger partial charge >= 0.3 is 0 Å². The first-order valence-corrected chi connectivity index (χ1v) is 11.9. The molecule has 2 saturated heterocycles. The molecule has 160 valence electrons. The van der Waals surface area contributed by atoms with E-state index < -0.39 is 10.0 Å². The van der Waals surface area contributed by atoms with E-state index in [1.54, 1.807) is 24.5 Å². The number of aryl methyl sites for hydroxylation is 1. The van der Waals surface area contributed by atoms with E-state index >= 15 is 0 Å². The molecule has 0 bridgehead atoms. The highest BCUT2D eigenvalue weighted by Gasteiger charge is 2.38. The highest BCUT2D eigenvalue weighted by molar-refractivity contribution is 7.89. The van der Waals surface area contributed by atoms with Crippen LogP contribution in [0.15, 0.2) is 53.7 Å². The second-order valence-corrected chi connectivity index (χ2v) is 9.80. The largest absolute Gasteiger partial charge is 0.337 e. The maximum Gasteiger partial charge on any atom is 0.243 e. The molecule has 1 amide bonds. The number of rotatable bonds is 6. The topological polar surface area (TPSA) is 73.8 Å². The molecule has 0 radical (unpaired) electrons. The first-order valence-electron chi connectivity index (χ1n) is 10.5. The van der Waals surface area contributed by atoms with E-state index in [1.807, 2.05) is 36.1 Å². The van der Waals surface area contributed by atoms with Gasteiger partial charge in [0.15, 0.2) is 0 Å². The molecule has 1 atom stereocenters. The number of amides is 1. The van der Waals surface area contributed by atoms with Gasteiger partial charge in [-0.3, -0.25) is 14.7 Å². The molecule has 0 N–H and O–H groups in total. The molecule has 3 heterocycles. The van der Waals surface area contributed by atoms with Crippen molar-refractivity contribution in [1.82, 2.24) is 19.1 Å². The van der Waals surface area contributed by atoms with Gasteiger partial charge in [0.1, 0.15) is 0 Å². The Bertz CT molecular complexity index is 971. The minimum Gasteiger partial charge on any atom is -0.337 e. The monoisotopic (exact) mass is 428 g/mol. The normalized spacial score (nSPS) is 21.3. The zero-order valence-corrected chi connectivity index (χ0v) is 18.1. The van der Waals surface area contributed by atoms with Crippen LogP contribution in [0.3, 0.4) is 0 Å². The first kappa shape index (κ1) is 21.0. The molecule has 4 rings (SSSR count). The summed E-state index contributed by atoms with van der Waals surface area (Å²) in [6.07, 6.45) is 5.18. The molecule has 30 heavy (non-hydrogen) atoms. The predicted molar refractivity (Wildman–Crippen MR) is 114 cm³/mol. The van der Waals surface area contributed by atoms with Gasteiger partial charge in [-0.2, -0.15) is 4.31 Å². The summed E-state index contributed by atoms with van der Waals surface area (Å²) in [6, 6.07) is 10.8. The molecule has 1 aromatic carbocycles. The predicted octanol–water partition coefficient (Wildman–Crippen LogP) is 1.75. The van der Waals surface area contributed by atoms with E-state index in [1.165, 1.54) is 4.31 Å². The highest BCUT2D eigenvalue weighted by Crippen LogP contribution is 2.23. The Morgan fingerprint density at radius 1 is 1.00 bits per heavy atom. The maximum absolute atomic E-state index is 13.0. The maximum atomic E-state index is 13.0. The molecule has 2 aromatic rings. The van der Waals surface area contributed by atoms with E-state index in [-0.39, 0.29) is 11.9 Å². The van der Waals surface area contributed by atoms with Crippen molar-refractivity contribution in [3.8, 4) is 0 Å². The lowest BCUT2D eigenvalue weighted by atomic mass is 10.2. The number of aromatic nitrogens is 1. The van der Waals surface area contributed by atoms with Crippen LogP contribution in [-0.2, 0) is 27.8 Å². The fourth-order valence-corrected chi connectivity index (χ4v) is 5.65. The Labute approximate surface area is 178 Å². The van der Waals surface area contributed by atoms with Gasteiger partial charge in [-0.1, -0.05) is 25.1 Å². The van der Waals surface area contributed by atoms with Crippen LogP contribution in [0.5, 0.6) is 0 Å². The van der Waals surface area contributed by atoms with Crippen molar-refractivity contribution in [2.24, 2.45) is 0 Å². The van der Waals surface area contributed by atoms with Gasteiger partial charge < -0.3 is 4.90 Å². The minimum absolute atomic E-state index is 0.130. The van der Waals surface area contributed by atoms with E-state index in [2.05, 4.69) is 9.88 Å². The highest BCUT2D eigenvalue weighted by atomic mass is 32.2. The Kier molecular flexibility index (Phi) is 6.17. The number of pyridine rings is 1. The van der Waals surface area contributed by atoms with Crippen molar-refractivity contribution in [1.29, 1.82) is 0 Å². The molecule has 0 spiro atoms. The Morgan fingerprint density at radius 2 is 1.73 bits per heavy atom. The van der Waals surface area contributed by atoms with Crippen LogP contribution in [-0.4, -0.2) is 72.2 Å². The summed E-state index contributed by atoms with van der Waals surface area (Å²) < 4.78 is 27.5. The van der Waals surface area contributed by atoms with E-state index in [0.29, 0.717) is 37.6 Å². The lowest BCUT2D eigenvalue weighted by Crippen LogP contribution is -2.53. The quantitative estimate of drug-likeness (QED) is 0.701. The fraction of sp³-hybridized carbons (Fsp3) is 0.455. The van der Waals surface area contributed by atoms with Crippen molar-refractivity contribution in [2.45, 2.75) is 37.2 Å². The summed E-state index contributed by atoms with van der Waals surface area (Å²) in [6.45, 7) is 5.30. The van der Waals surface area contributed by atoms with Crippen molar-refractivity contribution in [3.05, 3.63) is 59.9 Å². The third-order valence-electron chi connectivity index (χ3n) is 6.05. The summed E-state index contributed by atoms with van der Waals surface area (Å²) >= 11 is 0. The van der Waals surface area contributed by atoms with Gasteiger partial charge in [-0.25, -0.2) is 8.42 Å². The van der Waals surface area contributed by atoms with E-state index in [4.69, 9.17) is 0 Å². The van der Waals surface area contributed by atoms with Crippen LogP contribution in [0.4, 0.5) is 0 Å². The van der Waals surface area contributed by atoms with Crippen LogP contribution in [0.25, 0.3) is 0 Å². The number of piperazine rings is 1. The van der Waals surface area contributed by atoms with Crippen LogP contribution < -0.4 is 0 Å². The summed E-state index contributed by atoms with van der Waals surface area (Å²) in [4.78, 5) is 21.4. The minimum atomic E-state index is -3.49. The van der Waals surface area contributed by atoms with Gasteiger partial charge in [-0.15, -0.1) is 0 Å². The number of hydrogen-bond donors (Lipinski definition) is 0. The molecule has 1 unspecified atom stereocenters. The molecule has 0 aliphatic carbocycles. The van der Waals surface area contributed by atoms with Crippen molar-refractivity contribution in [2.75, 3.05) is 32.7 Å². The number of hydrogen-bond acceptors (Lipinski definition) is 5. The van der Waals surface area contributed by atoms with Gasteiger partial charge in [0.05, 0.1) is 10.9 Å². The van der Waals surface area contributed by atoms with E-state index in [0.717, 1.165) is 30.5 Å². The van der Waals surface area contributed by atoms with Crippen molar-refractivity contribution in [3.63, 3.8) is 0 Å². The number of sulfonamides is 1. The summed E-state index contributed by atoms with van der Waals surface area (Å²) in [5.41, 5.74) is 2.14. The second kappa shape index (κ2) is 8.83. The first-order chi connectivity index (χ1) is 14.5. The lowest BCUT2D eigenvalue weighted by molar-refractivity contribution is -0.133. The molecular weight excluding hydrogens is 400 g/mol. The third-order valence-corrected chi connectivity index (χ3v) is 7.96. The molecule has 2 aliphatic heterocycles. The molecule has 8 heteroatoms. The van der Waals surface area contributed by atoms with Gasteiger partial charge in [-0.05, 0) is 42.2 Å². The smallest absolute Gasteiger partial charge is 0.243 e. The SMILES string of the molecule is CCc1ccc(S(=O)(=O)N2CCN(C3CCN(Cc4cccnc4)C3=O)CC2)cc1. The zero-order valence-electron chi connectivity index (χ0n) is 17.3. The summed E-state index contributed by atoms with van der Waals surface area (Å²) in [5, 5.41) is 0. The Balaban J connectivity index is 1.35. The number of likely N-dealkylation sites (tertiary alicyclic amines) is 1. The fourth-order valence-electron chi connectivity index (χ4n) is 4.23. The standard InChI is InChI=1S/C22H28N4O3S/c1-2-18-5-7-20(8-6-18)30(28,29)26-14-12-24(13-15-26)21-9-11-25(22(21)27)17-19-4-3-10-23-16-19/h3-8,10,16,21H,2,9,11-15,17H2,1H3.